The fourth-order valence-electron chi connectivity index (χ4n) is 1.52. The zero-order valence-electron chi connectivity index (χ0n) is 6.01. The lowest BCUT2D eigenvalue weighted by Crippen LogP contribution is -2.31. The molecule has 2 nitrogen and oxygen atoms in total. The van der Waals surface area contributed by atoms with Crippen LogP contribution in [0.5, 0.6) is 0 Å². The van der Waals surface area contributed by atoms with E-state index in [9.17, 15) is 0 Å². The lowest BCUT2D eigenvalue weighted by molar-refractivity contribution is 0.164. The Morgan fingerprint density at radius 1 is 1.67 bits per heavy atom. The van der Waals surface area contributed by atoms with Crippen molar-refractivity contribution in [3.8, 4) is 0 Å². The van der Waals surface area contributed by atoms with E-state index in [0.717, 1.165) is 6.54 Å². The van der Waals surface area contributed by atoms with Crippen molar-refractivity contribution in [2.24, 2.45) is 0 Å². The third kappa shape index (κ3) is 1.43. The Kier molecular flexibility index (Phi) is 2.49. The molecule has 1 N–H and O–H groups in total. The predicted octanol–water partition coefficient (Wildman–Crippen LogP) is 0.463. The van der Waals surface area contributed by atoms with Gasteiger partial charge >= 0.3 is 0 Å². The van der Waals surface area contributed by atoms with Crippen molar-refractivity contribution in [3.05, 3.63) is 0 Å². The van der Waals surface area contributed by atoms with Crippen LogP contribution in [0.3, 0.4) is 0 Å². The third-order valence-electron chi connectivity index (χ3n) is 2.12. The first-order valence-electron chi connectivity index (χ1n) is 3.73. The maximum Gasteiger partial charge on any atom is 0.0586 e. The van der Waals surface area contributed by atoms with Gasteiger partial charge in [0.05, 0.1) is 6.61 Å². The Morgan fingerprint density at radius 3 is 2.89 bits per heavy atom. The Hall–Kier alpha value is -0.0800. The largest absolute Gasteiger partial charge is 0.395 e. The number of aliphatic hydroxyl groups is 1. The number of rotatable bonds is 2. The van der Waals surface area contributed by atoms with Crippen molar-refractivity contribution in [1.29, 1.82) is 0 Å². The number of likely N-dealkylation sites (tertiary alicyclic amines) is 1. The van der Waals surface area contributed by atoms with Gasteiger partial charge in [0, 0.05) is 6.04 Å². The van der Waals surface area contributed by atoms with Crippen molar-refractivity contribution in [1.82, 2.24) is 4.90 Å². The molecule has 1 atom stereocenters. The number of hydrogen-bond donors (Lipinski definition) is 1. The first kappa shape index (κ1) is 7.03. The van der Waals surface area contributed by atoms with E-state index in [4.69, 9.17) is 5.11 Å². The zero-order valence-corrected chi connectivity index (χ0v) is 6.01. The Balaban J connectivity index is 2.32. The van der Waals surface area contributed by atoms with Gasteiger partial charge in [-0.1, -0.05) is 6.92 Å². The van der Waals surface area contributed by atoms with Crippen molar-refractivity contribution in [3.63, 3.8) is 0 Å². The van der Waals surface area contributed by atoms with Crippen LogP contribution in [0.1, 0.15) is 19.8 Å². The van der Waals surface area contributed by atoms with E-state index in [0.29, 0.717) is 12.6 Å². The van der Waals surface area contributed by atoms with Crippen LogP contribution in [0.2, 0.25) is 0 Å². The summed E-state index contributed by atoms with van der Waals surface area (Å²) in [6, 6.07) is 0.468. The molecule has 1 rings (SSSR count). The van der Waals surface area contributed by atoms with Crippen LogP contribution in [0.25, 0.3) is 0 Å². The molecule has 0 saturated carbocycles. The molecule has 0 aromatic carbocycles. The minimum atomic E-state index is 0.341. The van der Waals surface area contributed by atoms with E-state index in [2.05, 4.69) is 11.8 Å². The highest BCUT2D eigenvalue weighted by molar-refractivity contribution is 4.76. The normalized spacial score (nSPS) is 29.3. The van der Waals surface area contributed by atoms with E-state index in [-0.39, 0.29) is 0 Å². The first-order chi connectivity index (χ1) is 4.38. The molecule has 0 spiro atoms. The number of hydrogen-bond acceptors (Lipinski definition) is 2. The molecule has 0 unspecified atom stereocenters. The average Bonchev–Trinajstić information content (AvgIpc) is 2.33. The van der Waals surface area contributed by atoms with E-state index >= 15 is 0 Å². The first-order valence-corrected chi connectivity index (χ1v) is 3.73. The fourth-order valence-corrected chi connectivity index (χ4v) is 1.52. The quantitative estimate of drug-likeness (QED) is 0.585. The van der Waals surface area contributed by atoms with Gasteiger partial charge in [-0.05, 0) is 25.9 Å². The van der Waals surface area contributed by atoms with Crippen LogP contribution in [0.15, 0.2) is 0 Å². The summed E-state index contributed by atoms with van der Waals surface area (Å²) in [5.41, 5.74) is 0. The van der Waals surface area contributed by atoms with Gasteiger partial charge in [-0.25, -0.2) is 0 Å². The van der Waals surface area contributed by atoms with Gasteiger partial charge in [-0.15, -0.1) is 0 Å². The second-order valence-electron chi connectivity index (χ2n) is 2.61. The lowest BCUT2D eigenvalue weighted by atomic mass is 10.2. The van der Waals surface area contributed by atoms with Crippen molar-refractivity contribution < 1.29 is 5.11 Å². The molecule has 1 saturated heterocycles. The van der Waals surface area contributed by atoms with Gasteiger partial charge in [0.1, 0.15) is 0 Å². The summed E-state index contributed by atoms with van der Waals surface area (Å²) >= 11 is 0. The molecule has 1 aliphatic rings. The molecule has 0 aromatic rings. The van der Waals surface area contributed by atoms with Crippen molar-refractivity contribution in [2.45, 2.75) is 25.8 Å². The molecule has 1 fully saturated rings. The van der Waals surface area contributed by atoms with E-state index in [1.165, 1.54) is 19.4 Å². The van der Waals surface area contributed by atoms with Crippen molar-refractivity contribution in [2.75, 3.05) is 19.7 Å². The van der Waals surface area contributed by atoms with Gasteiger partial charge in [-0.3, -0.25) is 4.90 Å². The molecular weight excluding hydrogens is 114 g/mol. The van der Waals surface area contributed by atoms with Gasteiger partial charge in [0.15, 0.2) is 0 Å². The molecule has 0 aromatic heterocycles. The molecule has 0 radical (unpaired) electrons. The second kappa shape index (κ2) is 3.18. The smallest absolute Gasteiger partial charge is 0.0586 e. The molecule has 54 valence electrons. The van der Waals surface area contributed by atoms with Gasteiger partial charge < -0.3 is 5.11 Å². The molecule has 0 aliphatic carbocycles. The lowest BCUT2D eigenvalue weighted by Gasteiger charge is -2.19. The van der Waals surface area contributed by atoms with Gasteiger partial charge in [-0.2, -0.15) is 0 Å². The van der Waals surface area contributed by atoms with Gasteiger partial charge in [0.2, 0.25) is 0 Å². The summed E-state index contributed by atoms with van der Waals surface area (Å²) in [4.78, 5) is 2.33. The number of aliphatic hydroxyl groups excluding tert-OH is 1. The Labute approximate surface area is 56.5 Å². The molecular formula is C7H15NO. The van der Waals surface area contributed by atoms with E-state index in [1.54, 1.807) is 0 Å². The average molecular weight is 129 g/mol. The zero-order chi connectivity index (χ0) is 6.69. The molecule has 9 heavy (non-hydrogen) atoms. The topological polar surface area (TPSA) is 23.5 Å². The summed E-state index contributed by atoms with van der Waals surface area (Å²) in [5.74, 6) is 0. The molecule has 1 heterocycles. The summed E-state index contributed by atoms with van der Waals surface area (Å²) in [6.07, 6.45) is 2.45. The van der Waals surface area contributed by atoms with E-state index in [1.807, 2.05) is 0 Å². The highest BCUT2D eigenvalue weighted by atomic mass is 16.3. The molecule has 0 bridgehead atoms. The molecule has 2 heteroatoms. The van der Waals surface area contributed by atoms with Crippen LogP contribution in [0.4, 0.5) is 0 Å². The monoisotopic (exact) mass is 129 g/mol. The fraction of sp³-hybridized carbons (Fsp3) is 1.00. The summed E-state index contributed by atoms with van der Waals surface area (Å²) in [7, 11) is 0. The second-order valence-corrected chi connectivity index (χ2v) is 2.61. The van der Waals surface area contributed by atoms with Gasteiger partial charge in [0.25, 0.3) is 0 Å². The highest BCUT2D eigenvalue weighted by Gasteiger charge is 2.21. The van der Waals surface area contributed by atoms with E-state index < -0.39 is 0 Å². The predicted molar refractivity (Wildman–Crippen MR) is 37.4 cm³/mol. The van der Waals surface area contributed by atoms with Crippen LogP contribution in [0, 0.1) is 0 Å². The third-order valence-corrected chi connectivity index (χ3v) is 2.12. The molecule has 1 aliphatic heterocycles. The van der Waals surface area contributed by atoms with Crippen LogP contribution in [-0.2, 0) is 0 Å². The minimum Gasteiger partial charge on any atom is -0.395 e. The summed E-state index contributed by atoms with van der Waals surface area (Å²) < 4.78 is 0. The minimum absolute atomic E-state index is 0.341. The van der Waals surface area contributed by atoms with Crippen molar-refractivity contribution >= 4 is 0 Å². The van der Waals surface area contributed by atoms with Crippen LogP contribution >= 0.6 is 0 Å². The molecule has 0 amide bonds. The standard InChI is InChI=1S/C7H15NO/c1-2-8-5-3-4-7(8)6-9/h7,9H,2-6H2,1H3/t7-/m0/s1. The summed E-state index contributed by atoms with van der Waals surface area (Å²) in [6.45, 7) is 4.76. The maximum atomic E-state index is 8.83. The van der Waals surface area contributed by atoms with Crippen LogP contribution in [-0.4, -0.2) is 35.7 Å². The number of nitrogens with zero attached hydrogens (tertiary/aromatic N) is 1. The van der Waals surface area contributed by atoms with Crippen LogP contribution < -0.4 is 0 Å². The number of likely N-dealkylation sites (N-methyl/N-ethyl adjacent to an activating group) is 1. The maximum absolute atomic E-state index is 8.83. The highest BCUT2D eigenvalue weighted by Crippen LogP contribution is 2.14. The Morgan fingerprint density at radius 2 is 2.44 bits per heavy atom. The SMILES string of the molecule is CCN1CCC[C@H]1CO. The summed E-state index contributed by atoms with van der Waals surface area (Å²) in [5, 5.41) is 8.83. The Bertz CT molecular complexity index is 75.0.